The first-order valence-corrected chi connectivity index (χ1v) is 6.50. The molecule has 0 unspecified atom stereocenters. The van der Waals surface area contributed by atoms with Crippen LogP contribution in [0, 0.1) is 0 Å². The van der Waals surface area contributed by atoms with Crippen molar-refractivity contribution in [2.75, 3.05) is 17.7 Å². The van der Waals surface area contributed by atoms with E-state index in [2.05, 4.69) is 0 Å². The van der Waals surface area contributed by atoms with E-state index >= 15 is 0 Å². The number of anilines is 2. The molecular weight excluding hydrogens is 274 g/mol. The highest BCUT2D eigenvalue weighted by molar-refractivity contribution is 6.30. The molecule has 20 heavy (non-hydrogen) atoms. The highest BCUT2D eigenvalue weighted by Gasteiger charge is 2.15. The molecule has 2 aromatic rings. The number of halogens is 1. The van der Waals surface area contributed by atoms with Gasteiger partial charge in [-0.25, -0.2) is 0 Å². The summed E-state index contributed by atoms with van der Waals surface area (Å²) in [6.45, 7) is 0.603. The predicted octanol–water partition coefficient (Wildman–Crippen LogP) is 2.66. The van der Waals surface area contributed by atoms with E-state index < -0.39 is 5.91 Å². The molecule has 4 nitrogen and oxygen atoms in total. The molecule has 5 heteroatoms. The molecule has 0 radical (unpaired) electrons. The number of hydrogen-bond acceptors (Lipinski definition) is 3. The van der Waals surface area contributed by atoms with E-state index in [9.17, 15) is 4.79 Å². The van der Waals surface area contributed by atoms with Crippen LogP contribution in [0.15, 0.2) is 42.5 Å². The van der Waals surface area contributed by atoms with Gasteiger partial charge in [0.15, 0.2) is 0 Å². The molecule has 2 rings (SSSR count). The number of hydrogen-bond donors (Lipinski definition) is 2. The molecular formula is C15H16ClN3O. The smallest absolute Gasteiger partial charge is 0.250 e. The Morgan fingerprint density at radius 3 is 2.45 bits per heavy atom. The van der Waals surface area contributed by atoms with Gasteiger partial charge in [-0.15, -0.1) is 0 Å². The lowest BCUT2D eigenvalue weighted by atomic mass is 10.1. The van der Waals surface area contributed by atoms with Crippen LogP contribution in [0.4, 0.5) is 11.4 Å². The fraction of sp³-hybridized carbons (Fsp3) is 0.133. The summed E-state index contributed by atoms with van der Waals surface area (Å²) in [5.41, 5.74) is 14.0. The maximum absolute atomic E-state index is 11.5. The van der Waals surface area contributed by atoms with E-state index in [1.54, 1.807) is 18.2 Å². The highest BCUT2D eigenvalue weighted by atomic mass is 35.5. The SMILES string of the molecule is CN(Cc1ccc(Cl)cc1)c1c(N)cccc1C(N)=O. The maximum Gasteiger partial charge on any atom is 0.250 e. The third kappa shape index (κ3) is 3.03. The van der Waals surface area contributed by atoms with Crippen LogP contribution in [-0.4, -0.2) is 13.0 Å². The van der Waals surface area contributed by atoms with E-state index in [0.717, 1.165) is 5.56 Å². The van der Waals surface area contributed by atoms with Crippen molar-refractivity contribution in [3.63, 3.8) is 0 Å². The zero-order chi connectivity index (χ0) is 14.7. The second-order valence-electron chi connectivity index (χ2n) is 4.59. The molecule has 0 aliphatic carbocycles. The second kappa shape index (κ2) is 5.84. The summed E-state index contributed by atoms with van der Waals surface area (Å²) < 4.78 is 0. The van der Waals surface area contributed by atoms with Gasteiger partial charge in [-0.1, -0.05) is 29.8 Å². The van der Waals surface area contributed by atoms with Crippen LogP contribution in [-0.2, 0) is 6.54 Å². The first-order valence-electron chi connectivity index (χ1n) is 6.13. The monoisotopic (exact) mass is 289 g/mol. The standard InChI is InChI=1S/C15H16ClN3O/c1-19(9-10-5-7-11(16)8-6-10)14-12(15(18)20)3-2-4-13(14)17/h2-8H,9,17H2,1H3,(H2,18,20). The summed E-state index contributed by atoms with van der Waals surface area (Å²) in [5.74, 6) is -0.491. The minimum atomic E-state index is -0.491. The molecule has 0 saturated carbocycles. The Bertz CT molecular complexity index is 626. The largest absolute Gasteiger partial charge is 0.397 e. The van der Waals surface area contributed by atoms with Crippen molar-refractivity contribution >= 4 is 28.9 Å². The molecule has 0 fully saturated rings. The molecule has 0 bridgehead atoms. The molecule has 0 heterocycles. The quantitative estimate of drug-likeness (QED) is 0.850. The van der Waals surface area contributed by atoms with Crippen LogP contribution < -0.4 is 16.4 Å². The topological polar surface area (TPSA) is 72.3 Å². The molecule has 4 N–H and O–H groups in total. The molecule has 0 spiro atoms. The van der Waals surface area contributed by atoms with Gasteiger partial charge in [0.05, 0.1) is 16.9 Å². The summed E-state index contributed by atoms with van der Waals surface area (Å²) in [6.07, 6.45) is 0. The molecule has 0 atom stereocenters. The Hall–Kier alpha value is -2.20. The van der Waals surface area contributed by atoms with Gasteiger partial charge in [0.2, 0.25) is 0 Å². The average molecular weight is 290 g/mol. The third-order valence-corrected chi connectivity index (χ3v) is 3.30. The zero-order valence-electron chi connectivity index (χ0n) is 11.1. The van der Waals surface area contributed by atoms with Crippen LogP contribution in [0.1, 0.15) is 15.9 Å². The van der Waals surface area contributed by atoms with Crippen molar-refractivity contribution in [2.45, 2.75) is 6.54 Å². The minimum Gasteiger partial charge on any atom is -0.397 e. The molecule has 2 aromatic carbocycles. The van der Waals surface area contributed by atoms with Gasteiger partial charge in [-0.05, 0) is 29.8 Å². The summed E-state index contributed by atoms with van der Waals surface area (Å²) >= 11 is 5.86. The van der Waals surface area contributed by atoms with Crippen molar-refractivity contribution in [1.82, 2.24) is 0 Å². The molecule has 0 saturated heterocycles. The van der Waals surface area contributed by atoms with Gasteiger partial charge in [-0.2, -0.15) is 0 Å². The minimum absolute atomic E-state index is 0.418. The average Bonchev–Trinajstić information content (AvgIpc) is 2.40. The number of carbonyl (C=O) groups excluding carboxylic acids is 1. The number of para-hydroxylation sites is 1. The first kappa shape index (κ1) is 14.2. The normalized spacial score (nSPS) is 10.3. The lowest BCUT2D eigenvalue weighted by molar-refractivity contribution is 0.100. The number of benzene rings is 2. The number of rotatable bonds is 4. The van der Waals surface area contributed by atoms with Crippen molar-refractivity contribution in [3.05, 3.63) is 58.6 Å². The van der Waals surface area contributed by atoms with Gasteiger partial charge in [0.25, 0.3) is 5.91 Å². The number of nitrogens with zero attached hydrogens (tertiary/aromatic N) is 1. The number of carbonyl (C=O) groups is 1. The Labute approximate surface area is 122 Å². The molecule has 104 valence electrons. The van der Waals surface area contributed by atoms with E-state index in [0.29, 0.717) is 28.5 Å². The van der Waals surface area contributed by atoms with Gasteiger partial charge in [0.1, 0.15) is 0 Å². The summed E-state index contributed by atoms with van der Waals surface area (Å²) in [4.78, 5) is 13.4. The Kier molecular flexibility index (Phi) is 4.15. The van der Waals surface area contributed by atoms with Gasteiger partial charge < -0.3 is 16.4 Å². The molecule has 0 aliphatic rings. The summed E-state index contributed by atoms with van der Waals surface area (Å²) in [6, 6.07) is 12.7. The van der Waals surface area contributed by atoms with Gasteiger partial charge >= 0.3 is 0 Å². The number of amides is 1. The van der Waals surface area contributed by atoms with Crippen molar-refractivity contribution in [1.29, 1.82) is 0 Å². The Morgan fingerprint density at radius 1 is 1.20 bits per heavy atom. The zero-order valence-corrected chi connectivity index (χ0v) is 11.9. The maximum atomic E-state index is 11.5. The number of nitrogen functional groups attached to an aromatic ring is 1. The van der Waals surface area contributed by atoms with E-state index in [-0.39, 0.29) is 0 Å². The van der Waals surface area contributed by atoms with Gasteiger partial charge in [-0.3, -0.25) is 4.79 Å². The third-order valence-electron chi connectivity index (χ3n) is 3.05. The molecule has 0 aromatic heterocycles. The first-order chi connectivity index (χ1) is 9.49. The van der Waals surface area contributed by atoms with Crippen LogP contribution in [0.5, 0.6) is 0 Å². The van der Waals surface area contributed by atoms with Gasteiger partial charge in [0, 0.05) is 18.6 Å². The van der Waals surface area contributed by atoms with Crippen molar-refractivity contribution in [3.8, 4) is 0 Å². The lowest BCUT2D eigenvalue weighted by Crippen LogP contribution is -2.23. The summed E-state index contributed by atoms with van der Waals surface area (Å²) in [5, 5.41) is 0.688. The Morgan fingerprint density at radius 2 is 1.85 bits per heavy atom. The highest BCUT2D eigenvalue weighted by Crippen LogP contribution is 2.28. The lowest BCUT2D eigenvalue weighted by Gasteiger charge is -2.23. The van der Waals surface area contributed by atoms with Crippen LogP contribution in [0.25, 0.3) is 0 Å². The fourth-order valence-corrected chi connectivity index (χ4v) is 2.25. The predicted molar refractivity (Wildman–Crippen MR) is 82.9 cm³/mol. The van der Waals surface area contributed by atoms with Crippen molar-refractivity contribution in [2.24, 2.45) is 5.73 Å². The van der Waals surface area contributed by atoms with Crippen molar-refractivity contribution < 1.29 is 4.79 Å². The fourth-order valence-electron chi connectivity index (χ4n) is 2.13. The van der Waals surface area contributed by atoms with Crippen LogP contribution in [0.2, 0.25) is 5.02 Å². The molecule has 0 aliphatic heterocycles. The number of nitrogens with two attached hydrogens (primary N) is 2. The number of primary amides is 1. The van der Waals surface area contributed by atoms with E-state index in [4.69, 9.17) is 23.1 Å². The van der Waals surface area contributed by atoms with Crippen LogP contribution in [0.3, 0.4) is 0 Å². The van der Waals surface area contributed by atoms with Crippen LogP contribution >= 0.6 is 11.6 Å². The molecule has 1 amide bonds. The van der Waals surface area contributed by atoms with E-state index in [1.807, 2.05) is 36.2 Å². The second-order valence-corrected chi connectivity index (χ2v) is 5.03. The Balaban J connectivity index is 2.31. The summed E-state index contributed by atoms with van der Waals surface area (Å²) in [7, 11) is 1.87. The van der Waals surface area contributed by atoms with E-state index in [1.165, 1.54) is 0 Å².